The minimum Gasteiger partial charge on any atom is -0.356 e. The Morgan fingerprint density at radius 1 is 1.05 bits per heavy atom. The molecular formula is C28H25BrFN5OS. The predicted molar refractivity (Wildman–Crippen MR) is 147 cm³/mol. The van der Waals surface area contributed by atoms with Gasteiger partial charge in [-0.3, -0.25) is 14.4 Å². The summed E-state index contributed by atoms with van der Waals surface area (Å²) < 4.78 is 16.1. The van der Waals surface area contributed by atoms with Crippen LogP contribution in [-0.2, 0) is 4.79 Å². The van der Waals surface area contributed by atoms with Crippen LogP contribution in [0.5, 0.6) is 0 Å². The minimum atomic E-state index is -0.485. The highest BCUT2D eigenvalue weighted by atomic mass is 79.9. The second kappa shape index (κ2) is 10.6. The van der Waals surface area contributed by atoms with Gasteiger partial charge in [-0.05, 0) is 79.2 Å². The number of rotatable bonds is 6. The summed E-state index contributed by atoms with van der Waals surface area (Å²) in [5.74, 6) is 1.03. The zero-order valence-corrected chi connectivity index (χ0v) is 23.0. The number of fused-ring (bicyclic) bond motifs is 3. The van der Waals surface area contributed by atoms with Gasteiger partial charge in [-0.25, -0.2) is 4.39 Å². The van der Waals surface area contributed by atoms with Gasteiger partial charge in [-0.1, -0.05) is 35.5 Å². The number of nitrogens with zero attached hydrogens (tertiary/aromatic N) is 4. The number of hydrogen-bond donors (Lipinski definition) is 1. The van der Waals surface area contributed by atoms with Crippen LogP contribution >= 0.6 is 27.7 Å². The first-order valence-electron chi connectivity index (χ1n) is 11.9. The first-order chi connectivity index (χ1) is 17.8. The van der Waals surface area contributed by atoms with E-state index in [1.54, 1.807) is 23.9 Å². The van der Waals surface area contributed by atoms with Gasteiger partial charge in [0.05, 0.1) is 22.3 Å². The largest absolute Gasteiger partial charge is 0.356 e. The quantitative estimate of drug-likeness (QED) is 0.289. The predicted octanol–water partition coefficient (Wildman–Crippen LogP) is 6.36. The van der Waals surface area contributed by atoms with E-state index in [2.05, 4.69) is 56.6 Å². The maximum atomic E-state index is 13.6. The van der Waals surface area contributed by atoms with Crippen molar-refractivity contribution in [1.82, 2.24) is 20.1 Å². The molecule has 4 aromatic rings. The zero-order valence-electron chi connectivity index (χ0n) is 20.6. The molecule has 1 atom stereocenters. The van der Waals surface area contributed by atoms with E-state index in [9.17, 15) is 9.18 Å². The fourth-order valence-corrected chi connectivity index (χ4v) is 5.77. The van der Waals surface area contributed by atoms with Gasteiger partial charge in [0.2, 0.25) is 5.91 Å². The maximum Gasteiger partial charge on any atom is 0.222 e. The Morgan fingerprint density at radius 2 is 1.81 bits per heavy atom. The molecule has 188 valence electrons. The van der Waals surface area contributed by atoms with Gasteiger partial charge in [0.15, 0.2) is 5.82 Å². The number of benzene rings is 3. The average molecular weight is 579 g/mol. The van der Waals surface area contributed by atoms with E-state index in [0.29, 0.717) is 16.8 Å². The van der Waals surface area contributed by atoms with Gasteiger partial charge in [0.25, 0.3) is 0 Å². The molecule has 9 heteroatoms. The van der Waals surface area contributed by atoms with Crippen molar-refractivity contribution in [1.29, 1.82) is 0 Å². The Hall–Kier alpha value is -3.30. The molecule has 1 aromatic heterocycles. The Labute approximate surface area is 227 Å². The van der Waals surface area contributed by atoms with E-state index in [0.717, 1.165) is 43.7 Å². The molecule has 0 bridgehead atoms. The van der Waals surface area contributed by atoms with E-state index in [1.807, 2.05) is 42.7 Å². The summed E-state index contributed by atoms with van der Waals surface area (Å²) in [7, 11) is 0. The first-order valence-corrected chi connectivity index (χ1v) is 13.6. The van der Waals surface area contributed by atoms with Gasteiger partial charge in [-0.15, -0.1) is 10.2 Å². The summed E-state index contributed by atoms with van der Waals surface area (Å²) >= 11 is 4.81. The molecule has 0 saturated carbocycles. The molecule has 5 rings (SSSR count). The monoisotopic (exact) mass is 577 g/mol. The van der Waals surface area contributed by atoms with Crippen LogP contribution in [0.3, 0.4) is 0 Å². The van der Waals surface area contributed by atoms with Gasteiger partial charge in [-0.2, -0.15) is 0 Å². The molecule has 3 aromatic carbocycles. The van der Waals surface area contributed by atoms with Crippen LogP contribution in [-0.4, -0.2) is 32.9 Å². The van der Waals surface area contributed by atoms with E-state index >= 15 is 0 Å². The first kappa shape index (κ1) is 25.4. The van der Waals surface area contributed by atoms with E-state index < -0.39 is 6.04 Å². The highest BCUT2D eigenvalue weighted by Gasteiger charge is 2.29. The summed E-state index contributed by atoms with van der Waals surface area (Å²) in [5.41, 5.74) is 4.75. The van der Waals surface area contributed by atoms with Gasteiger partial charge in [0, 0.05) is 27.5 Å². The van der Waals surface area contributed by atoms with Crippen LogP contribution in [0.25, 0.3) is 5.69 Å². The number of nitrogens with one attached hydrogen (secondary N) is 1. The minimum absolute atomic E-state index is 0.0813. The Morgan fingerprint density at radius 3 is 2.54 bits per heavy atom. The van der Waals surface area contributed by atoms with Crippen LogP contribution in [0, 0.1) is 19.7 Å². The third kappa shape index (κ3) is 5.24. The fraction of sp³-hybridized carbons (Fsp3) is 0.214. The van der Waals surface area contributed by atoms with E-state index in [4.69, 9.17) is 4.99 Å². The lowest BCUT2D eigenvalue weighted by molar-refractivity contribution is -0.121. The van der Waals surface area contributed by atoms with Crippen molar-refractivity contribution in [3.63, 3.8) is 0 Å². The summed E-state index contributed by atoms with van der Waals surface area (Å²) in [6.45, 7) is 6.41. The number of hydrogen-bond acceptors (Lipinski definition) is 5. The number of halogens is 2. The molecule has 2 heterocycles. The number of aliphatic imine (C=N–C) groups is 1. The van der Waals surface area contributed by atoms with Gasteiger partial charge in [0.1, 0.15) is 17.7 Å². The summed E-state index contributed by atoms with van der Waals surface area (Å²) in [6, 6.07) is 18.9. The van der Waals surface area contributed by atoms with Crippen molar-refractivity contribution >= 4 is 39.3 Å². The molecule has 37 heavy (non-hydrogen) atoms. The van der Waals surface area contributed by atoms with Gasteiger partial charge < -0.3 is 5.32 Å². The molecule has 1 aliphatic heterocycles. The smallest absolute Gasteiger partial charge is 0.222 e. The van der Waals surface area contributed by atoms with Crippen LogP contribution in [0.1, 0.15) is 47.7 Å². The lowest BCUT2D eigenvalue weighted by Crippen LogP contribution is -2.25. The highest BCUT2D eigenvalue weighted by Crippen LogP contribution is 2.35. The summed E-state index contributed by atoms with van der Waals surface area (Å²) in [5, 5.41) is 11.6. The Bertz CT molecular complexity index is 1520. The molecule has 1 N–H and O–H groups in total. The number of carbonyl (C=O) groups excluding carboxylic acids is 1. The van der Waals surface area contributed by atoms with E-state index in [1.165, 1.54) is 6.07 Å². The second-order valence-corrected chi connectivity index (χ2v) is 10.8. The molecule has 1 aliphatic rings. The van der Waals surface area contributed by atoms with Crippen molar-refractivity contribution in [3.05, 3.63) is 99.3 Å². The standard InChI is InChI=1S/C28H25BrFN5OS/c1-4-31-26(36)15-24-28-34-33-17(3)35(28)25-12-5-16(2)13-21(25)27(32-24)18-6-8-19(9-7-18)37-20-10-11-23(30)22(29)14-20/h5-14,24H,4,15H2,1-3H3,(H,31,36)/t24-/m0/s1. The SMILES string of the molecule is CCNC(=O)C[C@@H]1N=C(c2ccc(Sc3ccc(F)c(Br)c3)cc2)c2cc(C)ccc2-n2c(C)nnc21. The summed E-state index contributed by atoms with van der Waals surface area (Å²) in [6.07, 6.45) is 0.176. The van der Waals surface area contributed by atoms with Crippen LogP contribution in [0.15, 0.2) is 79.9 Å². The van der Waals surface area contributed by atoms with Crippen molar-refractivity contribution < 1.29 is 9.18 Å². The summed E-state index contributed by atoms with van der Waals surface area (Å²) in [4.78, 5) is 19.7. The van der Waals surface area contributed by atoms with Crippen LogP contribution < -0.4 is 5.32 Å². The van der Waals surface area contributed by atoms with Crippen molar-refractivity contribution in [3.8, 4) is 5.69 Å². The normalized spacial score (nSPS) is 14.4. The van der Waals surface area contributed by atoms with Crippen LogP contribution in [0.4, 0.5) is 4.39 Å². The number of aromatic nitrogens is 3. The molecule has 0 aliphatic carbocycles. The van der Waals surface area contributed by atoms with Crippen molar-refractivity contribution in [2.45, 2.75) is 43.0 Å². The zero-order chi connectivity index (χ0) is 26.1. The molecular weight excluding hydrogens is 553 g/mol. The van der Waals surface area contributed by atoms with Crippen molar-refractivity contribution in [2.24, 2.45) is 4.99 Å². The number of amides is 1. The molecule has 0 radical (unpaired) electrons. The third-order valence-corrected chi connectivity index (χ3v) is 7.69. The Balaban J connectivity index is 1.57. The van der Waals surface area contributed by atoms with Gasteiger partial charge >= 0.3 is 0 Å². The van der Waals surface area contributed by atoms with Crippen molar-refractivity contribution in [2.75, 3.05) is 6.54 Å². The van der Waals surface area contributed by atoms with E-state index in [-0.39, 0.29) is 18.1 Å². The maximum absolute atomic E-state index is 13.6. The lowest BCUT2D eigenvalue weighted by Gasteiger charge is -2.13. The fourth-order valence-electron chi connectivity index (χ4n) is 4.38. The number of aryl methyl sites for hydroxylation is 2. The Kier molecular flexibility index (Phi) is 7.26. The number of carbonyl (C=O) groups is 1. The molecule has 0 saturated heterocycles. The molecule has 0 unspecified atom stereocenters. The van der Waals surface area contributed by atoms with Crippen LogP contribution in [0.2, 0.25) is 0 Å². The highest BCUT2D eigenvalue weighted by molar-refractivity contribution is 9.10. The lowest BCUT2D eigenvalue weighted by atomic mass is 9.98. The third-order valence-electron chi connectivity index (χ3n) is 6.09. The average Bonchev–Trinajstić information content (AvgIpc) is 3.19. The molecule has 6 nitrogen and oxygen atoms in total. The molecule has 0 fully saturated rings. The molecule has 0 spiro atoms. The second-order valence-electron chi connectivity index (χ2n) is 8.81. The topological polar surface area (TPSA) is 72.2 Å². The molecule has 1 amide bonds.